The summed E-state index contributed by atoms with van der Waals surface area (Å²) in [6.45, 7) is 5.61. The lowest BCUT2D eigenvalue weighted by Gasteiger charge is -2.12. The van der Waals surface area contributed by atoms with E-state index in [0.29, 0.717) is 6.61 Å². The van der Waals surface area contributed by atoms with Gasteiger partial charge in [0.15, 0.2) is 16.3 Å². The van der Waals surface area contributed by atoms with Gasteiger partial charge in [-0.1, -0.05) is 37.3 Å². The fourth-order valence-electron chi connectivity index (χ4n) is 3.95. The van der Waals surface area contributed by atoms with Gasteiger partial charge in [0.2, 0.25) is 0 Å². The second kappa shape index (κ2) is 11.8. The van der Waals surface area contributed by atoms with E-state index >= 15 is 0 Å². The van der Waals surface area contributed by atoms with Crippen molar-refractivity contribution < 1.29 is 14.2 Å². The number of rotatable bonds is 10. The number of benzene rings is 3. The summed E-state index contributed by atoms with van der Waals surface area (Å²) in [4.78, 5) is 5.94. The van der Waals surface area contributed by atoms with Crippen LogP contribution in [0.15, 0.2) is 77.1 Å². The Labute approximate surface area is 211 Å². The summed E-state index contributed by atoms with van der Waals surface area (Å²) < 4.78 is 18.8. The molecule has 6 heteroatoms. The third-order valence-corrected chi connectivity index (χ3v) is 6.76. The van der Waals surface area contributed by atoms with Gasteiger partial charge < -0.3 is 18.8 Å². The molecular weight excluding hydrogens is 456 g/mol. The molecule has 0 spiro atoms. The molecule has 0 radical (unpaired) electrons. The summed E-state index contributed by atoms with van der Waals surface area (Å²) in [5.74, 6) is 2.34. The average Bonchev–Trinajstić information content (AvgIpc) is 3.30. The van der Waals surface area contributed by atoms with Crippen LogP contribution in [0.25, 0.3) is 11.3 Å². The fraction of sp³-hybridized carbons (Fsp3) is 0.276. The molecule has 35 heavy (non-hydrogen) atoms. The Morgan fingerprint density at radius 3 is 2.20 bits per heavy atom. The van der Waals surface area contributed by atoms with E-state index < -0.39 is 0 Å². The standard InChI is InChI=1S/C29H32N2O3S/c1-5-21-7-10-23(11-8-21)26-20-35-29(30-24-12-14-25(15-13-24)34-6-2)31(26)18-17-22-9-16-27(32-3)28(19-22)33-4/h7-16,19-20H,5-6,17-18H2,1-4H3. The van der Waals surface area contributed by atoms with Crippen LogP contribution >= 0.6 is 11.3 Å². The molecule has 5 nitrogen and oxygen atoms in total. The predicted molar refractivity (Wildman–Crippen MR) is 143 cm³/mol. The number of hydrogen-bond donors (Lipinski definition) is 0. The van der Waals surface area contributed by atoms with Crippen LogP contribution < -0.4 is 19.0 Å². The molecule has 0 aliphatic rings. The molecule has 0 saturated heterocycles. The van der Waals surface area contributed by atoms with Crippen molar-refractivity contribution in [1.29, 1.82) is 0 Å². The molecule has 0 bridgehead atoms. The van der Waals surface area contributed by atoms with Crippen molar-refractivity contribution >= 4 is 17.0 Å². The van der Waals surface area contributed by atoms with E-state index in [-0.39, 0.29) is 0 Å². The lowest BCUT2D eigenvalue weighted by molar-refractivity contribution is 0.340. The van der Waals surface area contributed by atoms with Crippen molar-refractivity contribution in [2.24, 2.45) is 4.99 Å². The van der Waals surface area contributed by atoms with Gasteiger partial charge in [0.05, 0.1) is 32.2 Å². The maximum Gasteiger partial charge on any atom is 0.190 e. The fourth-order valence-corrected chi connectivity index (χ4v) is 4.90. The second-order valence-electron chi connectivity index (χ2n) is 8.08. The molecule has 4 rings (SSSR count). The summed E-state index contributed by atoms with van der Waals surface area (Å²) in [5, 5.41) is 2.20. The molecule has 0 amide bonds. The summed E-state index contributed by atoms with van der Waals surface area (Å²) in [6, 6.07) is 22.8. The molecule has 0 aliphatic heterocycles. The van der Waals surface area contributed by atoms with Gasteiger partial charge in [-0.2, -0.15) is 0 Å². The van der Waals surface area contributed by atoms with Crippen LogP contribution in [0.3, 0.4) is 0 Å². The lowest BCUT2D eigenvalue weighted by atomic mass is 10.1. The van der Waals surface area contributed by atoms with Gasteiger partial charge >= 0.3 is 0 Å². The minimum absolute atomic E-state index is 0.651. The van der Waals surface area contributed by atoms with E-state index in [1.807, 2.05) is 43.3 Å². The van der Waals surface area contributed by atoms with Gasteiger partial charge in [-0.05, 0) is 72.9 Å². The largest absolute Gasteiger partial charge is 0.494 e. The molecule has 0 saturated carbocycles. The molecule has 0 fully saturated rings. The molecule has 182 valence electrons. The normalized spacial score (nSPS) is 11.5. The van der Waals surface area contributed by atoms with E-state index in [0.717, 1.165) is 47.1 Å². The lowest BCUT2D eigenvalue weighted by Crippen LogP contribution is -2.17. The molecule has 0 aliphatic carbocycles. The number of thiazole rings is 1. The highest BCUT2D eigenvalue weighted by molar-refractivity contribution is 7.07. The molecule has 0 unspecified atom stereocenters. The number of ether oxygens (including phenoxy) is 3. The van der Waals surface area contributed by atoms with Crippen molar-refractivity contribution in [1.82, 2.24) is 4.57 Å². The maximum absolute atomic E-state index is 5.58. The minimum Gasteiger partial charge on any atom is -0.494 e. The van der Waals surface area contributed by atoms with Crippen LogP contribution in [0.1, 0.15) is 25.0 Å². The van der Waals surface area contributed by atoms with Crippen molar-refractivity contribution in [2.45, 2.75) is 33.2 Å². The van der Waals surface area contributed by atoms with E-state index in [1.165, 1.54) is 22.4 Å². The summed E-state index contributed by atoms with van der Waals surface area (Å²) in [6.07, 6.45) is 1.87. The monoisotopic (exact) mass is 488 g/mol. The van der Waals surface area contributed by atoms with E-state index in [2.05, 4.69) is 47.2 Å². The smallest absolute Gasteiger partial charge is 0.190 e. The van der Waals surface area contributed by atoms with Crippen LogP contribution in [0.4, 0.5) is 5.69 Å². The zero-order valence-electron chi connectivity index (χ0n) is 20.8. The van der Waals surface area contributed by atoms with Gasteiger partial charge in [-0.15, -0.1) is 11.3 Å². The van der Waals surface area contributed by atoms with E-state index in [4.69, 9.17) is 19.2 Å². The summed E-state index contributed by atoms with van der Waals surface area (Å²) in [7, 11) is 3.32. The Kier molecular flexibility index (Phi) is 8.27. The van der Waals surface area contributed by atoms with Crippen LogP contribution in [-0.4, -0.2) is 25.4 Å². The van der Waals surface area contributed by atoms with Gasteiger partial charge in [0.1, 0.15) is 5.75 Å². The average molecular weight is 489 g/mol. The number of hydrogen-bond acceptors (Lipinski definition) is 5. The van der Waals surface area contributed by atoms with E-state index in [1.54, 1.807) is 25.6 Å². The number of aryl methyl sites for hydroxylation is 2. The molecule has 0 atom stereocenters. The first-order valence-corrected chi connectivity index (χ1v) is 12.8. The highest BCUT2D eigenvalue weighted by Gasteiger charge is 2.11. The third-order valence-electron chi connectivity index (χ3n) is 5.90. The van der Waals surface area contributed by atoms with Crippen molar-refractivity contribution in [3.63, 3.8) is 0 Å². The molecule has 3 aromatic carbocycles. The van der Waals surface area contributed by atoms with Gasteiger partial charge in [0, 0.05) is 11.9 Å². The van der Waals surface area contributed by atoms with Crippen molar-refractivity contribution in [2.75, 3.05) is 20.8 Å². The first kappa shape index (κ1) is 24.6. The van der Waals surface area contributed by atoms with Crippen molar-refractivity contribution in [3.05, 3.63) is 88.0 Å². The van der Waals surface area contributed by atoms with Gasteiger partial charge in [-0.25, -0.2) is 4.99 Å². The maximum atomic E-state index is 5.58. The Morgan fingerprint density at radius 1 is 0.829 bits per heavy atom. The number of aromatic nitrogens is 1. The topological polar surface area (TPSA) is 45.0 Å². The van der Waals surface area contributed by atoms with E-state index in [9.17, 15) is 0 Å². The molecule has 1 aromatic heterocycles. The SMILES string of the molecule is CCOc1ccc(N=c2scc(-c3ccc(CC)cc3)n2CCc2ccc(OC)c(OC)c2)cc1. The Morgan fingerprint density at radius 2 is 1.54 bits per heavy atom. The molecule has 0 N–H and O–H groups in total. The third kappa shape index (κ3) is 5.95. The predicted octanol–water partition coefficient (Wildman–Crippen LogP) is 6.67. The second-order valence-corrected chi connectivity index (χ2v) is 8.92. The first-order valence-electron chi connectivity index (χ1n) is 11.9. The zero-order chi connectivity index (χ0) is 24.6. The van der Waals surface area contributed by atoms with Gasteiger partial charge in [0.25, 0.3) is 0 Å². The minimum atomic E-state index is 0.651. The summed E-state index contributed by atoms with van der Waals surface area (Å²) >= 11 is 1.66. The highest BCUT2D eigenvalue weighted by Crippen LogP contribution is 2.28. The highest BCUT2D eigenvalue weighted by atomic mass is 32.1. The first-order chi connectivity index (χ1) is 17.1. The zero-order valence-corrected chi connectivity index (χ0v) is 21.6. The van der Waals surface area contributed by atoms with Crippen LogP contribution in [0.2, 0.25) is 0 Å². The Balaban J connectivity index is 1.69. The van der Waals surface area contributed by atoms with Crippen LogP contribution in [0, 0.1) is 0 Å². The Bertz CT molecular complexity index is 1310. The molecule has 4 aromatic rings. The van der Waals surface area contributed by atoms with Crippen LogP contribution in [0.5, 0.6) is 17.2 Å². The van der Waals surface area contributed by atoms with Crippen molar-refractivity contribution in [3.8, 4) is 28.5 Å². The molecule has 1 heterocycles. The Hall–Kier alpha value is -3.51. The quantitative estimate of drug-likeness (QED) is 0.250. The number of nitrogens with zero attached hydrogens (tertiary/aromatic N) is 2. The van der Waals surface area contributed by atoms with Gasteiger partial charge in [-0.3, -0.25) is 0 Å². The summed E-state index contributed by atoms with van der Waals surface area (Å²) in [5.41, 5.74) is 5.78. The number of methoxy groups -OCH3 is 2. The molecular formula is C29H32N2O3S. The van der Waals surface area contributed by atoms with Crippen LogP contribution in [-0.2, 0) is 19.4 Å².